The monoisotopic (exact) mass is 263 g/mol. The Kier molecular flexibility index (Phi) is 5.45. The van der Waals surface area contributed by atoms with Crippen LogP contribution in [0.15, 0.2) is 18.2 Å². The van der Waals surface area contributed by atoms with Crippen LogP contribution in [0.5, 0.6) is 5.88 Å². The van der Waals surface area contributed by atoms with Gasteiger partial charge in [0.1, 0.15) is 5.82 Å². The number of rotatable bonds is 6. The summed E-state index contributed by atoms with van der Waals surface area (Å²) in [6.45, 7) is 6.96. The van der Waals surface area contributed by atoms with Crippen molar-refractivity contribution in [1.82, 2.24) is 9.88 Å². The second kappa shape index (κ2) is 7.34. The zero-order valence-electron chi connectivity index (χ0n) is 12.1. The van der Waals surface area contributed by atoms with Crippen molar-refractivity contribution in [2.75, 3.05) is 38.6 Å². The zero-order chi connectivity index (χ0) is 13.5. The van der Waals surface area contributed by atoms with Gasteiger partial charge in [0.25, 0.3) is 0 Å². The molecule has 1 aliphatic rings. The van der Waals surface area contributed by atoms with E-state index < -0.39 is 0 Å². The van der Waals surface area contributed by atoms with Crippen molar-refractivity contribution in [3.8, 4) is 5.88 Å². The quantitative estimate of drug-likeness (QED) is 0.856. The summed E-state index contributed by atoms with van der Waals surface area (Å²) in [4.78, 5) is 6.94. The van der Waals surface area contributed by atoms with E-state index in [9.17, 15) is 0 Å². The van der Waals surface area contributed by atoms with Gasteiger partial charge in [-0.15, -0.1) is 0 Å². The minimum atomic E-state index is 0.631. The summed E-state index contributed by atoms with van der Waals surface area (Å²) in [6.07, 6.45) is 4.12. The van der Waals surface area contributed by atoms with Gasteiger partial charge in [0, 0.05) is 19.2 Å². The third-order valence-electron chi connectivity index (χ3n) is 3.58. The lowest BCUT2D eigenvalue weighted by molar-refractivity contribution is 0.204. The SMILES string of the molecule is COc1cccc(NCC(C)CN2CCCCC2)n1. The third-order valence-corrected chi connectivity index (χ3v) is 3.58. The lowest BCUT2D eigenvalue weighted by atomic mass is 10.1. The Labute approximate surface area is 116 Å². The molecule has 1 aromatic rings. The van der Waals surface area contributed by atoms with Crippen LogP contribution in [-0.2, 0) is 0 Å². The van der Waals surface area contributed by atoms with E-state index in [1.165, 1.54) is 38.9 Å². The number of ether oxygens (including phenoxy) is 1. The lowest BCUT2D eigenvalue weighted by Gasteiger charge is -2.29. The molecule has 1 atom stereocenters. The molecule has 19 heavy (non-hydrogen) atoms. The van der Waals surface area contributed by atoms with Crippen molar-refractivity contribution in [3.05, 3.63) is 18.2 Å². The molecule has 4 heteroatoms. The maximum Gasteiger partial charge on any atom is 0.214 e. The van der Waals surface area contributed by atoms with E-state index in [4.69, 9.17) is 4.74 Å². The molecule has 0 saturated carbocycles. The first kappa shape index (κ1) is 14.1. The molecule has 1 N–H and O–H groups in total. The Morgan fingerprint density at radius 2 is 2.11 bits per heavy atom. The van der Waals surface area contributed by atoms with E-state index in [-0.39, 0.29) is 0 Å². The molecule has 1 aromatic heterocycles. The Morgan fingerprint density at radius 3 is 2.84 bits per heavy atom. The Morgan fingerprint density at radius 1 is 1.32 bits per heavy atom. The van der Waals surface area contributed by atoms with Crippen LogP contribution in [0.2, 0.25) is 0 Å². The number of pyridine rings is 1. The summed E-state index contributed by atoms with van der Waals surface area (Å²) in [5.41, 5.74) is 0. The van der Waals surface area contributed by atoms with Gasteiger partial charge in [-0.2, -0.15) is 4.98 Å². The van der Waals surface area contributed by atoms with E-state index in [0.29, 0.717) is 11.8 Å². The third kappa shape index (κ3) is 4.71. The van der Waals surface area contributed by atoms with Crippen LogP contribution >= 0.6 is 0 Å². The molecule has 0 spiro atoms. The fourth-order valence-electron chi connectivity index (χ4n) is 2.55. The summed E-state index contributed by atoms with van der Waals surface area (Å²) < 4.78 is 5.12. The van der Waals surface area contributed by atoms with Crippen molar-refractivity contribution >= 4 is 5.82 Å². The average Bonchev–Trinajstić information content (AvgIpc) is 2.46. The van der Waals surface area contributed by atoms with Gasteiger partial charge in [-0.1, -0.05) is 19.4 Å². The standard InChI is InChI=1S/C15H25N3O/c1-13(12-18-9-4-3-5-10-18)11-16-14-7-6-8-15(17-14)19-2/h6-8,13H,3-5,9-12H2,1-2H3,(H,16,17). The van der Waals surface area contributed by atoms with Gasteiger partial charge in [-0.25, -0.2) is 0 Å². The molecular formula is C15H25N3O. The number of anilines is 1. The average molecular weight is 263 g/mol. The van der Waals surface area contributed by atoms with E-state index >= 15 is 0 Å². The van der Waals surface area contributed by atoms with Crippen LogP contribution in [0, 0.1) is 5.92 Å². The van der Waals surface area contributed by atoms with Crippen LogP contribution in [0.3, 0.4) is 0 Å². The topological polar surface area (TPSA) is 37.4 Å². The van der Waals surface area contributed by atoms with E-state index in [1.807, 2.05) is 18.2 Å². The second-order valence-electron chi connectivity index (χ2n) is 5.41. The molecule has 4 nitrogen and oxygen atoms in total. The van der Waals surface area contributed by atoms with Crippen molar-refractivity contribution in [1.29, 1.82) is 0 Å². The number of hydrogen-bond acceptors (Lipinski definition) is 4. The highest BCUT2D eigenvalue weighted by molar-refractivity contribution is 5.36. The minimum Gasteiger partial charge on any atom is -0.481 e. The van der Waals surface area contributed by atoms with Crippen molar-refractivity contribution in [2.45, 2.75) is 26.2 Å². The molecule has 0 radical (unpaired) electrons. The second-order valence-corrected chi connectivity index (χ2v) is 5.41. The van der Waals surface area contributed by atoms with Crippen LogP contribution in [0.1, 0.15) is 26.2 Å². The van der Waals surface area contributed by atoms with Gasteiger partial charge >= 0.3 is 0 Å². The van der Waals surface area contributed by atoms with Crippen molar-refractivity contribution in [2.24, 2.45) is 5.92 Å². The zero-order valence-corrected chi connectivity index (χ0v) is 12.1. The molecule has 1 aliphatic heterocycles. The predicted octanol–water partition coefficient (Wildman–Crippen LogP) is 2.62. The van der Waals surface area contributed by atoms with Gasteiger partial charge in [-0.05, 0) is 37.9 Å². The maximum atomic E-state index is 5.12. The molecule has 1 fully saturated rings. The highest BCUT2D eigenvalue weighted by atomic mass is 16.5. The van der Waals surface area contributed by atoms with Gasteiger partial charge in [0.15, 0.2) is 0 Å². The summed E-state index contributed by atoms with van der Waals surface area (Å²) in [5.74, 6) is 2.18. The smallest absolute Gasteiger partial charge is 0.214 e. The largest absolute Gasteiger partial charge is 0.481 e. The first-order valence-electron chi connectivity index (χ1n) is 7.25. The molecule has 2 heterocycles. The fourth-order valence-corrected chi connectivity index (χ4v) is 2.55. The van der Waals surface area contributed by atoms with E-state index in [0.717, 1.165) is 12.4 Å². The minimum absolute atomic E-state index is 0.631. The first-order chi connectivity index (χ1) is 9.28. The summed E-state index contributed by atoms with van der Waals surface area (Å²) >= 11 is 0. The highest BCUT2D eigenvalue weighted by Gasteiger charge is 2.13. The molecule has 0 aliphatic carbocycles. The van der Waals surface area contributed by atoms with Gasteiger partial charge in [-0.3, -0.25) is 0 Å². The summed E-state index contributed by atoms with van der Waals surface area (Å²) in [5, 5.41) is 3.39. The fraction of sp³-hybridized carbons (Fsp3) is 0.667. The van der Waals surface area contributed by atoms with Crippen molar-refractivity contribution < 1.29 is 4.74 Å². The van der Waals surface area contributed by atoms with Crippen molar-refractivity contribution in [3.63, 3.8) is 0 Å². The number of piperidine rings is 1. The van der Waals surface area contributed by atoms with Crippen LogP contribution in [0.4, 0.5) is 5.82 Å². The number of likely N-dealkylation sites (tertiary alicyclic amines) is 1. The number of hydrogen-bond donors (Lipinski definition) is 1. The lowest BCUT2D eigenvalue weighted by Crippen LogP contribution is -2.35. The number of methoxy groups -OCH3 is 1. The van der Waals surface area contributed by atoms with E-state index in [2.05, 4.69) is 22.1 Å². The molecule has 0 amide bonds. The van der Waals surface area contributed by atoms with Crippen LogP contribution in [0.25, 0.3) is 0 Å². The van der Waals surface area contributed by atoms with Crippen LogP contribution < -0.4 is 10.1 Å². The molecule has 0 aromatic carbocycles. The first-order valence-corrected chi connectivity index (χ1v) is 7.25. The number of aromatic nitrogens is 1. The molecular weight excluding hydrogens is 238 g/mol. The Bertz CT molecular complexity index is 377. The van der Waals surface area contributed by atoms with E-state index in [1.54, 1.807) is 7.11 Å². The van der Waals surface area contributed by atoms with Gasteiger partial charge < -0.3 is 15.0 Å². The molecule has 1 saturated heterocycles. The number of nitrogens with one attached hydrogen (secondary N) is 1. The molecule has 106 valence electrons. The summed E-state index contributed by atoms with van der Waals surface area (Å²) in [6, 6.07) is 5.81. The van der Waals surface area contributed by atoms with Gasteiger partial charge in [0.05, 0.1) is 7.11 Å². The van der Waals surface area contributed by atoms with Gasteiger partial charge in [0.2, 0.25) is 5.88 Å². The Balaban J connectivity index is 1.74. The van der Waals surface area contributed by atoms with Crippen LogP contribution in [-0.4, -0.2) is 43.2 Å². The highest BCUT2D eigenvalue weighted by Crippen LogP contribution is 2.13. The summed E-state index contributed by atoms with van der Waals surface area (Å²) in [7, 11) is 1.64. The predicted molar refractivity (Wildman–Crippen MR) is 78.7 cm³/mol. The molecule has 2 rings (SSSR count). The molecule has 0 bridgehead atoms. The molecule has 1 unspecified atom stereocenters. The normalized spacial score (nSPS) is 18.0. The Hall–Kier alpha value is -1.29. The maximum absolute atomic E-state index is 5.12. The number of nitrogens with zero attached hydrogens (tertiary/aromatic N) is 2.